The minimum absolute atomic E-state index is 0.119. The third kappa shape index (κ3) is 4.84. The van der Waals surface area contributed by atoms with E-state index in [4.69, 9.17) is 4.74 Å². The summed E-state index contributed by atoms with van der Waals surface area (Å²) in [5.41, 5.74) is 1.11. The number of carbonyl (C=O) groups excluding carboxylic acids is 4. The lowest BCUT2D eigenvalue weighted by atomic mass is 10.2. The van der Waals surface area contributed by atoms with Gasteiger partial charge in [-0.1, -0.05) is 18.2 Å². The number of hydrogen-bond donors (Lipinski definition) is 1. The summed E-state index contributed by atoms with van der Waals surface area (Å²) in [6.45, 7) is 1.59. The van der Waals surface area contributed by atoms with Crippen LogP contribution in [-0.2, 0) is 25.7 Å². The second-order valence-corrected chi connectivity index (χ2v) is 6.57. The Hall–Kier alpha value is -3.55. The first kappa shape index (κ1) is 20.2. The molecule has 1 heterocycles. The second-order valence-electron chi connectivity index (χ2n) is 6.57. The highest BCUT2D eigenvalue weighted by Gasteiger charge is 2.30. The number of rotatable bonds is 6. The molecule has 0 bridgehead atoms. The highest BCUT2D eigenvalue weighted by molar-refractivity contribution is 6.20. The standard InChI is InChI=1S/C21H19FN2O5/c1-13(20(27)23-12-14-5-7-16(22)8-6-14)29-21(28)15-3-2-4-17(11-15)24-18(25)9-10-19(24)26/h2-8,11,13H,9-10,12H2,1H3,(H,23,27)/t13-/m0/s1. The predicted octanol–water partition coefficient (Wildman–Crippen LogP) is 2.34. The number of carbonyl (C=O) groups is 4. The minimum atomic E-state index is -1.07. The maximum atomic E-state index is 12.9. The van der Waals surface area contributed by atoms with Crippen LogP contribution in [0.3, 0.4) is 0 Å². The van der Waals surface area contributed by atoms with Crippen molar-refractivity contribution in [1.82, 2.24) is 5.32 Å². The number of benzene rings is 2. The van der Waals surface area contributed by atoms with E-state index in [1.165, 1.54) is 37.3 Å². The van der Waals surface area contributed by atoms with Crippen molar-refractivity contribution in [2.45, 2.75) is 32.4 Å². The molecule has 2 aromatic carbocycles. The number of ether oxygens (including phenoxy) is 1. The number of esters is 1. The molecule has 0 spiro atoms. The molecule has 7 nitrogen and oxygen atoms in total. The first-order chi connectivity index (χ1) is 13.8. The molecule has 8 heteroatoms. The fourth-order valence-corrected chi connectivity index (χ4v) is 2.85. The van der Waals surface area contributed by atoms with Crippen LogP contribution in [0.4, 0.5) is 10.1 Å². The lowest BCUT2D eigenvalue weighted by Gasteiger charge is -2.16. The molecule has 1 aliphatic heterocycles. The highest BCUT2D eigenvalue weighted by Crippen LogP contribution is 2.23. The molecule has 3 rings (SSSR count). The van der Waals surface area contributed by atoms with E-state index in [-0.39, 0.29) is 42.6 Å². The average molecular weight is 398 g/mol. The third-order valence-electron chi connectivity index (χ3n) is 4.42. The fourth-order valence-electron chi connectivity index (χ4n) is 2.85. The van der Waals surface area contributed by atoms with E-state index in [1.807, 2.05) is 0 Å². The van der Waals surface area contributed by atoms with Crippen molar-refractivity contribution in [3.63, 3.8) is 0 Å². The monoisotopic (exact) mass is 398 g/mol. The molecule has 1 aliphatic rings. The van der Waals surface area contributed by atoms with Crippen molar-refractivity contribution in [3.8, 4) is 0 Å². The summed E-state index contributed by atoms with van der Waals surface area (Å²) in [6, 6.07) is 11.6. The first-order valence-corrected chi connectivity index (χ1v) is 9.04. The Morgan fingerprint density at radius 2 is 1.76 bits per heavy atom. The zero-order valence-electron chi connectivity index (χ0n) is 15.7. The number of nitrogens with one attached hydrogen (secondary N) is 1. The number of amides is 3. The van der Waals surface area contributed by atoms with Gasteiger partial charge >= 0.3 is 5.97 Å². The Kier molecular flexibility index (Phi) is 6.01. The number of hydrogen-bond acceptors (Lipinski definition) is 5. The topological polar surface area (TPSA) is 92.8 Å². The van der Waals surface area contributed by atoms with Gasteiger partial charge in [-0.3, -0.25) is 19.3 Å². The molecule has 0 aliphatic carbocycles. The molecule has 1 atom stereocenters. The van der Waals surface area contributed by atoms with Crippen LogP contribution in [0, 0.1) is 5.82 Å². The van der Waals surface area contributed by atoms with Gasteiger partial charge in [0, 0.05) is 19.4 Å². The van der Waals surface area contributed by atoms with E-state index in [0.29, 0.717) is 11.3 Å². The zero-order valence-corrected chi connectivity index (χ0v) is 15.7. The Morgan fingerprint density at radius 1 is 1.10 bits per heavy atom. The third-order valence-corrected chi connectivity index (χ3v) is 4.42. The van der Waals surface area contributed by atoms with Crippen LogP contribution in [-0.4, -0.2) is 29.8 Å². The van der Waals surface area contributed by atoms with Crippen LogP contribution >= 0.6 is 0 Å². The number of nitrogens with zero attached hydrogens (tertiary/aromatic N) is 1. The van der Waals surface area contributed by atoms with Crippen LogP contribution in [0.5, 0.6) is 0 Å². The molecule has 0 saturated carbocycles. The van der Waals surface area contributed by atoms with Gasteiger partial charge in [-0.25, -0.2) is 9.18 Å². The molecule has 29 heavy (non-hydrogen) atoms. The summed E-state index contributed by atoms with van der Waals surface area (Å²) in [5.74, 6) is -2.29. The Morgan fingerprint density at radius 3 is 2.41 bits per heavy atom. The lowest BCUT2D eigenvalue weighted by molar-refractivity contribution is -0.129. The van der Waals surface area contributed by atoms with Crippen LogP contribution < -0.4 is 10.2 Å². The van der Waals surface area contributed by atoms with Crippen molar-refractivity contribution >= 4 is 29.4 Å². The first-order valence-electron chi connectivity index (χ1n) is 9.04. The van der Waals surface area contributed by atoms with E-state index < -0.39 is 18.0 Å². The van der Waals surface area contributed by atoms with Crippen LogP contribution in [0.15, 0.2) is 48.5 Å². The molecule has 2 aromatic rings. The number of imide groups is 1. The molecule has 1 fully saturated rings. The van der Waals surface area contributed by atoms with E-state index in [1.54, 1.807) is 18.2 Å². The molecular weight excluding hydrogens is 379 g/mol. The van der Waals surface area contributed by atoms with Gasteiger partial charge in [-0.2, -0.15) is 0 Å². The van der Waals surface area contributed by atoms with E-state index >= 15 is 0 Å². The van der Waals surface area contributed by atoms with Gasteiger partial charge in [0.15, 0.2) is 6.10 Å². The fraction of sp³-hybridized carbons (Fsp3) is 0.238. The van der Waals surface area contributed by atoms with Crippen molar-refractivity contribution in [1.29, 1.82) is 0 Å². The van der Waals surface area contributed by atoms with E-state index in [0.717, 1.165) is 4.90 Å². The maximum absolute atomic E-state index is 12.9. The zero-order chi connectivity index (χ0) is 21.0. The summed E-state index contributed by atoms with van der Waals surface area (Å²) >= 11 is 0. The van der Waals surface area contributed by atoms with Gasteiger partial charge < -0.3 is 10.1 Å². The molecular formula is C21H19FN2O5. The number of anilines is 1. The van der Waals surface area contributed by atoms with Gasteiger partial charge in [0.05, 0.1) is 11.3 Å². The van der Waals surface area contributed by atoms with Gasteiger partial charge in [-0.15, -0.1) is 0 Å². The van der Waals surface area contributed by atoms with Crippen LogP contribution in [0.1, 0.15) is 35.7 Å². The summed E-state index contributed by atoms with van der Waals surface area (Å²) in [6.07, 6.45) is -0.793. The van der Waals surface area contributed by atoms with Gasteiger partial charge in [-0.05, 0) is 42.8 Å². The second kappa shape index (κ2) is 8.64. The Balaban J connectivity index is 1.59. The van der Waals surface area contributed by atoms with Gasteiger partial charge in [0.1, 0.15) is 5.82 Å². The molecule has 150 valence electrons. The van der Waals surface area contributed by atoms with Gasteiger partial charge in [0.2, 0.25) is 11.8 Å². The minimum Gasteiger partial charge on any atom is -0.449 e. The predicted molar refractivity (Wildman–Crippen MR) is 101 cm³/mol. The summed E-state index contributed by atoms with van der Waals surface area (Å²) < 4.78 is 18.1. The van der Waals surface area contributed by atoms with Crippen LogP contribution in [0.25, 0.3) is 0 Å². The molecule has 0 aromatic heterocycles. The molecule has 1 saturated heterocycles. The molecule has 1 N–H and O–H groups in total. The quantitative estimate of drug-likeness (QED) is 0.596. The molecule has 0 unspecified atom stereocenters. The van der Waals surface area contributed by atoms with Crippen molar-refractivity contribution in [2.75, 3.05) is 4.90 Å². The smallest absolute Gasteiger partial charge is 0.338 e. The van der Waals surface area contributed by atoms with E-state index in [9.17, 15) is 23.6 Å². The normalized spacial score (nSPS) is 14.6. The summed E-state index contributed by atoms with van der Waals surface area (Å²) in [5, 5.41) is 2.61. The van der Waals surface area contributed by atoms with Gasteiger partial charge in [0.25, 0.3) is 5.91 Å². The highest BCUT2D eigenvalue weighted by atomic mass is 19.1. The van der Waals surface area contributed by atoms with Crippen molar-refractivity contribution in [2.24, 2.45) is 0 Å². The Labute approximate surface area is 166 Å². The van der Waals surface area contributed by atoms with E-state index in [2.05, 4.69) is 5.32 Å². The molecule has 3 amide bonds. The summed E-state index contributed by atoms with van der Waals surface area (Å²) in [7, 11) is 0. The lowest BCUT2D eigenvalue weighted by Crippen LogP contribution is -2.35. The molecule has 0 radical (unpaired) electrons. The SMILES string of the molecule is C[C@H](OC(=O)c1cccc(N2C(=O)CCC2=O)c1)C(=O)NCc1ccc(F)cc1. The van der Waals surface area contributed by atoms with Crippen LogP contribution in [0.2, 0.25) is 0 Å². The van der Waals surface area contributed by atoms with Crippen molar-refractivity contribution in [3.05, 3.63) is 65.5 Å². The maximum Gasteiger partial charge on any atom is 0.338 e. The largest absolute Gasteiger partial charge is 0.449 e. The number of halogens is 1. The van der Waals surface area contributed by atoms with Crippen molar-refractivity contribution < 1.29 is 28.3 Å². The summed E-state index contributed by atoms with van der Waals surface area (Å²) in [4.78, 5) is 49.3. The Bertz CT molecular complexity index is 942. The average Bonchev–Trinajstić information content (AvgIpc) is 3.05.